The van der Waals surface area contributed by atoms with Gasteiger partial charge in [-0.3, -0.25) is 14.8 Å². The molecule has 4 N–H and O–H groups in total. The lowest BCUT2D eigenvalue weighted by Crippen LogP contribution is -2.16. The summed E-state index contributed by atoms with van der Waals surface area (Å²) in [5.74, 6) is -0.139. The minimum Gasteiger partial charge on any atom is -0.348 e. The van der Waals surface area contributed by atoms with Crippen LogP contribution in [0.4, 0.5) is 5.69 Å². The van der Waals surface area contributed by atoms with E-state index in [4.69, 9.17) is 5.21 Å². The Labute approximate surface area is 129 Å². The van der Waals surface area contributed by atoms with Crippen molar-refractivity contribution >= 4 is 38.9 Å². The molecular formula is C14H12N4O3S. The summed E-state index contributed by atoms with van der Waals surface area (Å²) in [5.41, 5.74) is 2.25. The molecule has 2 heterocycles. The van der Waals surface area contributed by atoms with Crippen LogP contribution in [0.3, 0.4) is 0 Å². The fourth-order valence-electron chi connectivity index (χ4n) is 2.03. The second-order valence-electron chi connectivity index (χ2n) is 4.57. The zero-order chi connectivity index (χ0) is 15.5. The third kappa shape index (κ3) is 2.97. The fraction of sp³-hybridized carbons (Fsp3) is 0.0714. The van der Waals surface area contributed by atoms with Gasteiger partial charge in [0.05, 0.1) is 11.3 Å². The number of hydrogen-bond donors (Lipinski definition) is 4. The Hall–Kier alpha value is -2.71. The maximum atomic E-state index is 11.9. The van der Waals surface area contributed by atoms with Gasteiger partial charge in [-0.05, 0) is 23.6 Å². The molecule has 0 saturated heterocycles. The van der Waals surface area contributed by atoms with Gasteiger partial charge < -0.3 is 10.3 Å². The third-order valence-electron chi connectivity index (χ3n) is 3.01. The first kappa shape index (κ1) is 14.2. The summed E-state index contributed by atoms with van der Waals surface area (Å²) in [6, 6.07) is 7.03. The summed E-state index contributed by atoms with van der Waals surface area (Å²) < 4.78 is 0.842. The van der Waals surface area contributed by atoms with Crippen LogP contribution in [0, 0.1) is 0 Å². The van der Waals surface area contributed by atoms with Crippen LogP contribution in [0.15, 0.2) is 36.7 Å². The number of nitrogens with one attached hydrogen (secondary N) is 3. The molecule has 0 fully saturated rings. The van der Waals surface area contributed by atoms with E-state index in [1.54, 1.807) is 36.1 Å². The van der Waals surface area contributed by atoms with Gasteiger partial charge >= 0.3 is 0 Å². The van der Waals surface area contributed by atoms with Crippen molar-refractivity contribution in [3.05, 3.63) is 47.4 Å². The maximum absolute atomic E-state index is 11.9. The molecule has 2 aromatic heterocycles. The number of nitrogens with zero attached hydrogens (tertiary/aromatic N) is 1. The number of anilines is 1. The Morgan fingerprint density at radius 2 is 2.18 bits per heavy atom. The van der Waals surface area contributed by atoms with Crippen molar-refractivity contribution in [2.75, 3.05) is 5.32 Å². The average Bonchev–Trinajstić information content (AvgIpc) is 3.14. The molecule has 0 atom stereocenters. The topological polar surface area (TPSA) is 107 Å². The van der Waals surface area contributed by atoms with Crippen LogP contribution < -0.4 is 10.8 Å². The molecule has 3 aromatic rings. The number of fused-ring (bicyclic) bond motifs is 1. The van der Waals surface area contributed by atoms with Crippen LogP contribution in [0.5, 0.6) is 0 Å². The van der Waals surface area contributed by atoms with Crippen LogP contribution in [0.25, 0.3) is 10.1 Å². The Morgan fingerprint density at radius 1 is 1.32 bits per heavy atom. The molecule has 0 radical (unpaired) electrons. The molecule has 0 aliphatic carbocycles. The number of amides is 2. The molecule has 0 spiro atoms. The van der Waals surface area contributed by atoms with Crippen LogP contribution in [-0.4, -0.2) is 27.0 Å². The molecule has 8 heteroatoms. The summed E-state index contributed by atoms with van der Waals surface area (Å²) in [4.78, 5) is 30.6. The molecule has 112 valence electrons. The molecule has 0 aliphatic heterocycles. The minimum atomic E-state index is -0.551. The highest BCUT2D eigenvalue weighted by Crippen LogP contribution is 2.28. The van der Waals surface area contributed by atoms with Gasteiger partial charge in [0.2, 0.25) is 5.91 Å². The Bertz CT molecular complexity index is 826. The zero-order valence-electron chi connectivity index (χ0n) is 11.3. The van der Waals surface area contributed by atoms with Crippen molar-refractivity contribution in [1.29, 1.82) is 0 Å². The van der Waals surface area contributed by atoms with Crippen LogP contribution >= 0.6 is 11.3 Å². The number of rotatable bonds is 4. The first-order chi connectivity index (χ1) is 10.7. The standard InChI is InChI=1S/C14H12N4O3S/c19-13(7-12-15-3-4-16-12)17-9-2-1-8-5-11(14(20)18-21)22-10(8)6-9/h1-6,21H,7H2,(H,15,16)(H,17,19)(H,18,20). The summed E-state index contributed by atoms with van der Waals surface area (Å²) in [6.45, 7) is 0. The number of aromatic amines is 1. The number of H-pyrrole nitrogens is 1. The Morgan fingerprint density at radius 3 is 2.91 bits per heavy atom. The number of carbonyl (C=O) groups is 2. The first-order valence-electron chi connectivity index (χ1n) is 6.42. The quantitative estimate of drug-likeness (QED) is 0.436. The van der Waals surface area contributed by atoms with E-state index in [2.05, 4.69) is 15.3 Å². The summed E-state index contributed by atoms with van der Waals surface area (Å²) in [5, 5.41) is 12.3. The van der Waals surface area contributed by atoms with Gasteiger partial charge in [0.25, 0.3) is 5.91 Å². The number of imidazole rings is 1. The van der Waals surface area contributed by atoms with E-state index in [0.717, 1.165) is 10.1 Å². The highest BCUT2D eigenvalue weighted by atomic mass is 32.1. The summed E-state index contributed by atoms with van der Waals surface area (Å²) in [7, 11) is 0. The van der Waals surface area contributed by atoms with Gasteiger partial charge in [-0.25, -0.2) is 10.5 Å². The van der Waals surface area contributed by atoms with Crippen molar-refractivity contribution < 1.29 is 14.8 Å². The average molecular weight is 316 g/mol. The SMILES string of the molecule is O=C(Cc1ncc[nH]1)Nc1ccc2cc(C(=O)NO)sc2c1. The van der Waals surface area contributed by atoms with Crippen molar-refractivity contribution in [2.45, 2.75) is 6.42 Å². The lowest BCUT2D eigenvalue weighted by molar-refractivity contribution is -0.115. The van der Waals surface area contributed by atoms with E-state index in [1.807, 2.05) is 6.07 Å². The lowest BCUT2D eigenvalue weighted by Gasteiger charge is -2.04. The van der Waals surface area contributed by atoms with Crippen LogP contribution in [0.2, 0.25) is 0 Å². The normalized spacial score (nSPS) is 10.6. The predicted octanol–water partition coefficient (Wildman–Crippen LogP) is 1.92. The van der Waals surface area contributed by atoms with Crippen LogP contribution in [0.1, 0.15) is 15.5 Å². The molecule has 0 aliphatic rings. The molecule has 3 rings (SSSR count). The maximum Gasteiger partial charge on any atom is 0.284 e. The molecular weight excluding hydrogens is 304 g/mol. The number of aromatic nitrogens is 2. The number of hydrogen-bond acceptors (Lipinski definition) is 5. The fourth-order valence-corrected chi connectivity index (χ4v) is 3.02. The minimum absolute atomic E-state index is 0.160. The summed E-state index contributed by atoms with van der Waals surface area (Å²) in [6.07, 6.45) is 3.41. The predicted molar refractivity (Wildman–Crippen MR) is 82.0 cm³/mol. The number of carbonyl (C=O) groups excluding carboxylic acids is 2. The van der Waals surface area contributed by atoms with Crippen LogP contribution in [-0.2, 0) is 11.2 Å². The highest BCUT2D eigenvalue weighted by molar-refractivity contribution is 7.20. The highest BCUT2D eigenvalue weighted by Gasteiger charge is 2.11. The second kappa shape index (κ2) is 5.96. The van der Waals surface area contributed by atoms with E-state index in [1.165, 1.54) is 11.3 Å². The van der Waals surface area contributed by atoms with E-state index >= 15 is 0 Å². The third-order valence-corrected chi connectivity index (χ3v) is 4.11. The molecule has 7 nitrogen and oxygen atoms in total. The largest absolute Gasteiger partial charge is 0.348 e. The lowest BCUT2D eigenvalue weighted by atomic mass is 10.2. The number of benzene rings is 1. The molecule has 0 saturated carbocycles. The molecule has 1 aromatic carbocycles. The van der Waals surface area contributed by atoms with Gasteiger partial charge in [-0.1, -0.05) is 6.07 Å². The van der Waals surface area contributed by atoms with Gasteiger partial charge in [0.15, 0.2) is 0 Å². The Kier molecular flexibility index (Phi) is 3.86. The van der Waals surface area contributed by atoms with E-state index < -0.39 is 5.91 Å². The second-order valence-corrected chi connectivity index (χ2v) is 5.65. The smallest absolute Gasteiger partial charge is 0.284 e. The van der Waals surface area contributed by atoms with Gasteiger partial charge in [-0.15, -0.1) is 11.3 Å². The van der Waals surface area contributed by atoms with Gasteiger partial charge in [0.1, 0.15) is 5.82 Å². The first-order valence-corrected chi connectivity index (χ1v) is 7.23. The number of thiophene rings is 1. The van der Waals surface area contributed by atoms with E-state index in [0.29, 0.717) is 16.4 Å². The molecule has 0 unspecified atom stereocenters. The van der Waals surface area contributed by atoms with Gasteiger partial charge in [0, 0.05) is 22.8 Å². The monoisotopic (exact) mass is 316 g/mol. The Balaban J connectivity index is 1.76. The van der Waals surface area contributed by atoms with Crippen molar-refractivity contribution in [1.82, 2.24) is 15.4 Å². The number of hydroxylamine groups is 1. The zero-order valence-corrected chi connectivity index (χ0v) is 12.1. The summed E-state index contributed by atoms with van der Waals surface area (Å²) >= 11 is 1.23. The van der Waals surface area contributed by atoms with E-state index in [9.17, 15) is 9.59 Å². The van der Waals surface area contributed by atoms with E-state index in [-0.39, 0.29) is 12.3 Å². The van der Waals surface area contributed by atoms with Crippen molar-refractivity contribution in [3.8, 4) is 0 Å². The molecule has 22 heavy (non-hydrogen) atoms. The van der Waals surface area contributed by atoms with Crippen molar-refractivity contribution in [2.24, 2.45) is 0 Å². The van der Waals surface area contributed by atoms with Gasteiger partial charge in [-0.2, -0.15) is 0 Å². The van der Waals surface area contributed by atoms with Crippen molar-refractivity contribution in [3.63, 3.8) is 0 Å². The molecule has 0 bridgehead atoms. The molecule has 2 amide bonds.